The Morgan fingerprint density at radius 1 is 1.22 bits per heavy atom. The number of nitrogens with zero attached hydrogens (tertiary/aromatic N) is 3. The molecule has 6 nitrogen and oxygen atoms in total. The number of halogens is 1. The molecule has 1 saturated heterocycles. The van der Waals surface area contributed by atoms with E-state index in [0.29, 0.717) is 11.8 Å². The van der Waals surface area contributed by atoms with Crippen molar-refractivity contribution in [2.75, 3.05) is 52.9 Å². The van der Waals surface area contributed by atoms with Crippen LogP contribution in [-0.4, -0.2) is 74.5 Å². The molecule has 0 radical (unpaired) electrons. The summed E-state index contributed by atoms with van der Waals surface area (Å²) < 4.78 is 0. The van der Waals surface area contributed by atoms with Gasteiger partial charge < -0.3 is 15.5 Å². The minimum absolute atomic E-state index is 0. The summed E-state index contributed by atoms with van der Waals surface area (Å²) in [5.74, 6) is 1.58. The van der Waals surface area contributed by atoms with Crippen LogP contribution >= 0.6 is 35.3 Å². The van der Waals surface area contributed by atoms with Crippen molar-refractivity contribution < 1.29 is 4.79 Å². The third-order valence-corrected chi connectivity index (χ3v) is 6.26. The molecule has 152 valence electrons. The van der Waals surface area contributed by atoms with Crippen LogP contribution in [0.3, 0.4) is 0 Å². The zero-order valence-corrected chi connectivity index (χ0v) is 19.3. The van der Waals surface area contributed by atoms with Gasteiger partial charge in [0.25, 0.3) is 0 Å². The maximum absolute atomic E-state index is 12.3. The molecule has 1 saturated carbocycles. The van der Waals surface area contributed by atoms with E-state index in [9.17, 15) is 4.79 Å². The maximum atomic E-state index is 12.3. The van der Waals surface area contributed by atoms with Crippen LogP contribution in [0, 0.1) is 5.92 Å². The van der Waals surface area contributed by atoms with Crippen molar-refractivity contribution in [1.82, 2.24) is 20.4 Å². The standard InChI is InChI=1S/C19H31N5OS.HI/c1-20-19(21-8-7-17-6-3-15-26-17)22-9-10-23-11-13-24(14-12-23)18(25)16-4-2-5-16;/h3,6,15-16H,2,4-5,7-14H2,1H3,(H2,20,21,22);1H. The van der Waals surface area contributed by atoms with E-state index in [1.165, 1.54) is 11.3 Å². The van der Waals surface area contributed by atoms with Gasteiger partial charge in [0, 0.05) is 63.7 Å². The fraction of sp³-hybridized carbons (Fsp3) is 0.684. The summed E-state index contributed by atoms with van der Waals surface area (Å²) in [6.07, 6.45) is 4.45. The Labute approximate surface area is 183 Å². The Bertz CT molecular complexity index is 583. The van der Waals surface area contributed by atoms with E-state index in [1.807, 2.05) is 7.05 Å². The summed E-state index contributed by atoms with van der Waals surface area (Å²) in [6.45, 7) is 6.45. The van der Waals surface area contributed by atoms with Crippen LogP contribution in [0.4, 0.5) is 0 Å². The van der Waals surface area contributed by atoms with Crippen molar-refractivity contribution in [3.63, 3.8) is 0 Å². The molecule has 0 aromatic carbocycles. The van der Waals surface area contributed by atoms with E-state index in [2.05, 4.69) is 42.9 Å². The van der Waals surface area contributed by atoms with Gasteiger partial charge in [0.15, 0.2) is 5.96 Å². The number of hydrogen-bond donors (Lipinski definition) is 2. The molecule has 0 spiro atoms. The van der Waals surface area contributed by atoms with Gasteiger partial charge in [-0.3, -0.25) is 14.7 Å². The molecule has 0 atom stereocenters. The minimum Gasteiger partial charge on any atom is -0.356 e. The second-order valence-electron chi connectivity index (χ2n) is 7.05. The largest absolute Gasteiger partial charge is 0.356 e. The Kier molecular flexibility index (Phi) is 9.84. The smallest absolute Gasteiger partial charge is 0.225 e. The van der Waals surface area contributed by atoms with Crippen molar-refractivity contribution in [2.45, 2.75) is 25.7 Å². The average Bonchev–Trinajstić information content (AvgIpc) is 3.13. The molecule has 1 aromatic heterocycles. The Balaban J connectivity index is 0.00000261. The van der Waals surface area contributed by atoms with Gasteiger partial charge in [0.05, 0.1) is 0 Å². The number of aliphatic imine (C=N–C) groups is 1. The van der Waals surface area contributed by atoms with Crippen molar-refractivity contribution >= 4 is 47.2 Å². The first-order valence-corrected chi connectivity index (χ1v) is 10.6. The van der Waals surface area contributed by atoms with Crippen molar-refractivity contribution in [3.8, 4) is 0 Å². The van der Waals surface area contributed by atoms with Gasteiger partial charge in [-0.15, -0.1) is 35.3 Å². The van der Waals surface area contributed by atoms with E-state index >= 15 is 0 Å². The average molecular weight is 505 g/mol. The van der Waals surface area contributed by atoms with Gasteiger partial charge in [-0.05, 0) is 30.7 Å². The third-order valence-electron chi connectivity index (χ3n) is 5.33. The third kappa shape index (κ3) is 6.90. The fourth-order valence-corrected chi connectivity index (χ4v) is 4.13. The van der Waals surface area contributed by atoms with Gasteiger partial charge in [-0.1, -0.05) is 12.5 Å². The summed E-state index contributed by atoms with van der Waals surface area (Å²) in [5.41, 5.74) is 0. The van der Waals surface area contributed by atoms with Gasteiger partial charge in [0.2, 0.25) is 5.91 Å². The van der Waals surface area contributed by atoms with E-state index in [-0.39, 0.29) is 24.0 Å². The fourth-order valence-electron chi connectivity index (χ4n) is 3.42. The van der Waals surface area contributed by atoms with E-state index in [0.717, 1.165) is 71.0 Å². The number of carbonyl (C=O) groups is 1. The van der Waals surface area contributed by atoms with Crippen LogP contribution in [0.25, 0.3) is 0 Å². The van der Waals surface area contributed by atoms with Crippen LogP contribution in [0.5, 0.6) is 0 Å². The van der Waals surface area contributed by atoms with Gasteiger partial charge in [-0.2, -0.15) is 0 Å². The summed E-state index contributed by atoms with van der Waals surface area (Å²) in [5, 5.41) is 8.87. The number of carbonyl (C=O) groups excluding carboxylic acids is 1. The lowest BCUT2D eigenvalue weighted by Gasteiger charge is -2.38. The lowest BCUT2D eigenvalue weighted by Crippen LogP contribution is -2.52. The quantitative estimate of drug-likeness (QED) is 0.338. The molecule has 27 heavy (non-hydrogen) atoms. The Hall–Kier alpha value is -0.870. The second kappa shape index (κ2) is 11.9. The minimum atomic E-state index is 0. The molecule has 1 aliphatic heterocycles. The highest BCUT2D eigenvalue weighted by molar-refractivity contribution is 14.0. The number of nitrogens with one attached hydrogen (secondary N) is 2. The lowest BCUT2D eigenvalue weighted by molar-refractivity contribution is -0.139. The molecule has 8 heteroatoms. The van der Waals surface area contributed by atoms with E-state index in [1.54, 1.807) is 11.3 Å². The summed E-state index contributed by atoms with van der Waals surface area (Å²) in [6, 6.07) is 4.25. The van der Waals surface area contributed by atoms with Crippen LogP contribution in [0.15, 0.2) is 22.5 Å². The van der Waals surface area contributed by atoms with Crippen LogP contribution < -0.4 is 10.6 Å². The van der Waals surface area contributed by atoms with Crippen molar-refractivity contribution in [2.24, 2.45) is 10.9 Å². The summed E-state index contributed by atoms with van der Waals surface area (Å²) in [4.78, 5) is 22.5. The molecular weight excluding hydrogens is 473 g/mol. The Morgan fingerprint density at radius 3 is 2.56 bits per heavy atom. The maximum Gasteiger partial charge on any atom is 0.225 e. The summed E-state index contributed by atoms with van der Waals surface area (Å²) >= 11 is 1.79. The number of guanidine groups is 1. The molecule has 2 heterocycles. The zero-order chi connectivity index (χ0) is 18.2. The summed E-state index contributed by atoms with van der Waals surface area (Å²) in [7, 11) is 1.81. The molecule has 2 fully saturated rings. The number of rotatable bonds is 7. The second-order valence-corrected chi connectivity index (χ2v) is 8.08. The first-order chi connectivity index (χ1) is 12.8. The molecule has 1 aromatic rings. The number of hydrogen-bond acceptors (Lipinski definition) is 4. The number of piperazine rings is 1. The molecule has 3 rings (SSSR count). The normalized spacial score (nSPS) is 18.6. The molecule has 2 N–H and O–H groups in total. The SMILES string of the molecule is CN=C(NCCc1cccs1)NCCN1CCN(C(=O)C2CCC2)CC1.I. The van der Waals surface area contributed by atoms with E-state index < -0.39 is 0 Å². The zero-order valence-electron chi connectivity index (χ0n) is 16.2. The first kappa shape index (κ1) is 22.4. The van der Waals surface area contributed by atoms with Gasteiger partial charge >= 0.3 is 0 Å². The Morgan fingerprint density at radius 2 is 1.96 bits per heavy atom. The highest BCUT2D eigenvalue weighted by Crippen LogP contribution is 2.28. The van der Waals surface area contributed by atoms with E-state index in [4.69, 9.17) is 0 Å². The molecule has 0 bridgehead atoms. The molecule has 1 amide bonds. The van der Waals surface area contributed by atoms with Crippen LogP contribution in [0.2, 0.25) is 0 Å². The molecule has 0 unspecified atom stereocenters. The molecular formula is C19H32IN5OS. The van der Waals surface area contributed by atoms with Crippen molar-refractivity contribution in [3.05, 3.63) is 22.4 Å². The van der Waals surface area contributed by atoms with Crippen LogP contribution in [-0.2, 0) is 11.2 Å². The topological polar surface area (TPSA) is 60.0 Å². The number of thiophene rings is 1. The highest BCUT2D eigenvalue weighted by atomic mass is 127. The number of amides is 1. The monoisotopic (exact) mass is 505 g/mol. The highest BCUT2D eigenvalue weighted by Gasteiger charge is 2.30. The lowest BCUT2D eigenvalue weighted by atomic mass is 9.84. The molecule has 1 aliphatic carbocycles. The first-order valence-electron chi connectivity index (χ1n) is 9.74. The predicted octanol–water partition coefficient (Wildman–Crippen LogP) is 2.02. The predicted molar refractivity (Wildman–Crippen MR) is 123 cm³/mol. The van der Waals surface area contributed by atoms with Crippen molar-refractivity contribution in [1.29, 1.82) is 0 Å². The van der Waals surface area contributed by atoms with Gasteiger partial charge in [-0.25, -0.2) is 0 Å². The van der Waals surface area contributed by atoms with Gasteiger partial charge in [0.1, 0.15) is 0 Å². The molecule has 2 aliphatic rings. The van der Waals surface area contributed by atoms with Crippen LogP contribution in [0.1, 0.15) is 24.1 Å².